The van der Waals surface area contributed by atoms with E-state index in [-0.39, 0.29) is 6.10 Å². The Balaban J connectivity index is 1.59. The molecule has 1 atom stereocenters. The smallest absolute Gasteiger partial charge is 0.227 e. The van der Waals surface area contributed by atoms with E-state index in [0.717, 1.165) is 23.2 Å². The van der Waals surface area contributed by atoms with Crippen LogP contribution in [-0.4, -0.2) is 36.8 Å². The largest absolute Gasteiger partial charge is 0.497 e. The maximum absolute atomic E-state index is 5.99. The lowest BCUT2D eigenvalue weighted by Gasteiger charge is -2.33. The van der Waals surface area contributed by atoms with E-state index in [1.54, 1.807) is 19.4 Å². The summed E-state index contributed by atoms with van der Waals surface area (Å²) in [6.45, 7) is 2.08. The van der Waals surface area contributed by atoms with Gasteiger partial charge in [-0.25, -0.2) is 4.98 Å². The number of nitrogen functional groups attached to an aromatic ring is 1. The van der Waals surface area contributed by atoms with Gasteiger partial charge in [0.25, 0.3) is 0 Å². The predicted molar refractivity (Wildman–Crippen MR) is 97.9 cm³/mol. The van der Waals surface area contributed by atoms with Crippen molar-refractivity contribution in [1.82, 2.24) is 9.97 Å². The standard InChI is InChI=1S/C19H20N4O2/c1-24-16-5-4-13-10-15(3-2-14(13)11-16)17-12-23(8-9-25-17)19-21-7-6-18(20)22-19/h2-7,10-11,17H,8-9,12H2,1H3,(H2,20,21,22)/t17-/m0/s1. The van der Waals surface area contributed by atoms with E-state index in [9.17, 15) is 0 Å². The molecule has 2 aromatic carbocycles. The molecule has 1 fully saturated rings. The molecule has 1 aliphatic rings. The van der Waals surface area contributed by atoms with Crippen LogP contribution in [0.4, 0.5) is 11.8 Å². The first-order valence-electron chi connectivity index (χ1n) is 8.26. The van der Waals surface area contributed by atoms with E-state index in [1.807, 2.05) is 12.1 Å². The fraction of sp³-hybridized carbons (Fsp3) is 0.263. The number of methoxy groups -OCH3 is 1. The van der Waals surface area contributed by atoms with Crippen molar-refractivity contribution < 1.29 is 9.47 Å². The van der Waals surface area contributed by atoms with Crippen LogP contribution < -0.4 is 15.4 Å². The quantitative estimate of drug-likeness (QED) is 0.793. The van der Waals surface area contributed by atoms with Gasteiger partial charge in [0.2, 0.25) is 5.95 Å². The number of benzene rings is 2. The van der Waals surface area contributed by atoms with Gasteiger partial charge in [-0.05, 0) is 40.6 Å². The van der Waals surface area contributed by atoms with Crippen LogP contribution in [0.15, 0.2) is 48.7 Å². The van der Waals surface area contributed by atoms with Crippen LogP contribution in [0.5, 0.6) is 5.75 Å². The van der Waals surface area contributed by atoms with Gasteiger partial charge in [-0.15, -0.1) is 0 Å². The monoisotopic (exact) mass is 336 g/mol. The van der Waals surface area contributed by atoms with Crippen LogP contribution in [0, 0.1) is 0 Å². The van der Waals surface area contributed by atoms with Gasteiger partial charge in [-0.2, -0.15) is 4.98 Å². The molecule has 0 amide bonds. The first-order valence-corrected chi connectivity index (χ1v) is 8.26. The number of hydrogen-bond donors (Lipinski definition) is 1. The predicted octanol–water partition coefficient (Wildman–Crippen LogP) is 2.80. The van der Waals surface area contributed by atoms with Crippen molar-refractivity contribution in [3.8, 4) is 5.75 Å². The van der Waals surface area contributed by atoms with Crippen molar-refractivity contribution in [3.63, 3.8) is 0 Å². The van der Waals surface area contributed by atoms with Crippen molar-refractivity contribution in [3.05, 3.63) is 54.2 Å². The lowest BCUT2D eigenvalue weighted by Crippen LogP contribution is -2.39. The normalized spacial score (nSPS) is 17.6. The number of nitrogens with two attached hydrogens (primary N) is 1. The fourth-order valence-electron chi connectivity index (χ4n) is 3.12. The molecule has 6 heteroatoms. The molecule has 6 nitrogen and oxygen atoms in total. The number of rotatable bonds is 3. The topological polar surface area (TPSA) is 73.5 Å². The van der Waals surface area contributed by atoms with E-state index in [2.05, 4.69) is 39.1 Å². The first-order chi connectivity index (χ1) is 12.2. The van der Waals surface area contributed by atoms with E-state index >= 15 is 0 Å². The van der Waals surface area contributed by atoms with Crippen LogP contribution in [-0.2, 0) is 4.74 Å². The van der Waals surface area contributed by atoms with Gasteiger partial charge in [-0.1, -0.05) is 18.2 Å². The average molecular weight is 336 g/mol. The maximum atomic E-state index is 5.99. The van der Waals surface area contributed by atoms with Gasteiger partial charge in [0, 0.05) is 12.7 Å². The summed E-state index contributed by atoms with van der Waals surface area (Å²) in [5, 5.41) is 2.31. The summed E-state index contributed by atoms with van der Waals surface area (Å²) < 4.78 is 11.3. The van der Waals surface area contributed by atoms with E-state index in [0.29, 0.717) is 24.9 Å². The second-order valence-electron chi connectivity index (χ2n) is 6.06. The van der Waals surface area contributed by atoms with Gasteiger partial charge in [-0.3, -0.25) is 0 Å². The van der Waals surface area contributed by atoms with Crippen molar-refractivity contribution in [1.29, 1.82) is 0 Å². The molecular weight excluding hydrogens is 316 g/mol. The Morgan fingerprint density at radius 1 is 1.16 bits per heavy atom. The number of fused-ring (bicyclic) bond motifs is 1. The number of ether oxygens (including phenoxy) is 2. The Labute approximate surface area is 146 Å². The zero-order valence-electron chi connectivity index (χ0n) is 14.1. The zero-order chi connectivity index (χ0) is 17.2. The SMILES string of the molecule is COc1ccc2cc([C@@H]3CN(c4nccc(N)n4)CCO3)ccc2c1. The summed E-state index contributed by atoms with van der Waals surface area (Å²) >= 11 is 0. The summed E-state index contributed by atoms with van der Waals surface area (Å²) in [5.74, 6) is 1.99. The Morgan fingerprint density at radius 2 is 2.00 bits per heavy atom. The second-order valence-corrected chi connectivity index (χ2v) is 6.06. The van der Waals surface area contributed by atoms with Gasteiger partial charge in [0.15, 0.2) is 0 Å². The molecule has 1 aliphatic heterocycles. The van der Waals surface area contributed by atoms with Gasteiger partial charge in [0.1, 0.15) is 17.7 Å². The Bertz CT molecular complexity index is 899. The maximum Gasteiger partial charge on any atom is 0.227 e. The highest BCUT2D eigenvalue weighted by Gasteiger charge is 2.24. The Kier molecular flexibility index (Phi) is 4.11. The first kappa shape index (κ1) is 15.7. The number of aromatic nitrogens is 2. The molecule has 128 valence electrons. The molecule has 2 N–H and O–H groups in total. The Hall–Kier alpha value is -2.86. The van der Waals surface area contributed by atoms with Gasteiger partial charge in [0.05, 0.1) is 20.3 Å². The fourth-order valence-corrected chi connectivity index (χ4v) is 3.12. The van der Waals surface area contributed by atoms with Crippen LogP contribution in [0.3, 0.4) is 0 Å². The number of hydrogen-bond acceptors (Lipinski definition) is 6. The molecule has 2 heterocycles. The lowest BCUT2D eigenvalue weighted by molar-refractivity contribution is 0.0393. The molecule has 0 bridgehead atoms. The summed E-state index contributed by atoms with van der Waals surface area (Å²) in [6.07, 6.45) is 1.66. The molecule has 4 rings (SSSR count). The molecule has 0 spiro atoms. The zero-order valence-corrected chi connectivity index (χ0v) is 14.1. The highest BCUT2D eigenvalue weighted by atomic mass is 16.5. The van der Waals surface area contributed by atoms with E-state index in [1.165, 1.54) is 5.39 Å². The van der Waals surface area contributed by atoms with Crippen LogP contribution in [0.25, 0.3) is 10.8 Å². The summed E-state index contributed by atoms with van der Waals surface area (Å²) in [5.41, 5.74) is 6.92. The van der Waals surface area contributed by atoms with Crippen LogP contribution in [0.2, 0.25) is 0 Å². The third kappa shape index (κ3) is 3.21. The Morgan fingerprint density at radius 3 is 2.84 bits per heavy atom. The molecule has 1 saturated heterocycles. The molecule has 1 aromatic heterocycles. The highest BCUT2D eigenvalue weighted by Crippen LogP contribution is 2.28. The van der Waals surface area contributed by atoms with Crippen molar-refractivity contribution in [2.75, 3.05) is 37.4 Å². The summed E-state index contributed by atoms with van der Waals surface area (Å²) in [6, 6.07) is 14.2. The number of morpholine rings is 1. The molecule has 0 aliphatic carbocycles. The van der Waals surface area contributed by atoms with Gasteiger partial charge < -0.3 is 20.1 Å². The summed E-state index contributed by atoms with van der Waals surface area (Å²) in [7, 11) is 1.68. The van der Waals surface area contributed by atoms with Crippen molar-refractivity contribution >= 4 is 22.5 Å². The van der Waals surface area contributed by atoms with Crippen molar-refractivity contribution in [2.24, 2.45) is 0 Å². The third-order valence-corrected chi connectivity index (χ3v) is 4.46. The molecule has 0 unspecified atom stereocenters. The minimum Gasteiger partial charge on any atom is -0.497 e. The average Bonchev–Trinajstić information content (AvgIpc) is 2.67. The molecule has 0 radical (unpaired) electrons. The van der Waals surface area contributed by atoms with E-state index in [4.69, 9.17) is 15.2 Å². The van der Waals surface area contributed by atoms with Crippen LogP contribution in [0.1, 0.15) is 11.7 Å². The second kappa shape index (κ2) is 6.57. The summed E-state index contributed by atoms with van der Waals surface area (Å²) in [4.78, 5) is 10.8. The number of nitrogens with zero attached hydrogens (tertiary/aromatic N) is 3. The van der Waals surface area contributed by atoms with Gasteiger partial charge >= 0.3 is 0 Å². The lowest BCUT2D eigenvalue weighted by atomic mass is 10.0. The number of anilines is 2. The highest BCUT2D eigenvalue weighted by molar-refractivity contribution is 5.84. The third-order valence-electron chi connectivity index (χ3n) is 4.46. The minimum atomic E-state index is -0.0229. The van der Waals surface area contributed by atoms with Crippen molar-refractivity contribution in [2.45, 2.75) is 6.10 Å². The molecule has 0 saturated carbocycles. The minimum absolute atomic E-state index is 0.0229. The molecule has 25 heavy (non-hydrogen) atoms. The van der Waals surface area contributed by atoms with Crippen LogP contribution >= 0.6 is 0 Å². The molecular formula is C19H20N4O2. The molecule has 3 aromatic rings. The van der Waals surface area contributed by atoms with E-state index < -0.39 is 0 Å².